The number of aliphatic hydroxyl groups is 1. The van der Waals surface area contributed by atoms with Gasteiger partial charge in [-0.15, -0.1) is 0 Å². The second-order valence-electron chi connectivity index (χ2n) is 4.67. The van der Waals surface area contributed by atoms with Crippen LogP contribution in [-0.4, -0.2) is 34.8 Å². The molecule has 0 amide bonds. The molecular weight excluding hydrogens is 194 g/mol. The van der Waals surface area contributed by atoms with Gasteiger partial charge in [0.15, 0.2) is 0 Å². The van der Waals surface area contributed by atoms with E-state index in [0.29, 0.717) is 11.3 Å². The third-order valence-corrected chi connectivity index (χ3v) is 4.06. The molecular formula is C11H23NOS. The smallest absolute Gasteiger partial charge is 0.0665 e. The Balaban J connectivity index is 2.10. The molecule has 0 spiro atoms. The van der Waals surface area contributed by atoms with Gasteiger partial charge < -0.3 is 10.4 Å². The van der Waals surface area contributed by atoms with E-state index in [1.807, 2.05) is 6.92 Å². The molecule has 1 aliphatic heterocycles. The van der Waals surface area contributed by atoms with Crippen LogP contribution in [-0.2, 0) is 0 Å². The first kappa shape index (κ1) is 12.3. The van der Waals surface area contributed by atoms with E-state index in [-0.39, 0.29) is 6.10 Å². The highest BCUT2D eigenvalue weighted by Crippen LogP contribution is 2.24. The highest BCUT2D eigenvalue weighted by molar-refractivity contribution is 7.99. The minimum Gasteiger partial charge on any atom is -0.392 e. The molecule has 1 fully saturated rings. The van der Waals surface area contributed by atoms with Crippen LogP contribution in [0.25, 0.3) is 0 Å². The van der Waals surface area contributed by atoms with Crippen LogP contribution in [0.4, 0.5) is 0 Å². The minimum absolute atomic E-state index is 0.203. The molecule has 1 heterocycles. The van der Waals surface area contributed by atoms with Crippen molar-refractivity contribution in [2.24, 2.45) is 5.92 Å². The van der Waals surface area contributed by atoms with Crippen LogP contribution in [0.15, 0.2) is 0 Å². The SMILES string of the molecule is CC(C)CCSC1CN[C@H](C(C)O)C1. The number of hydrogen-bond acceptors (Lipinski definition) is 3. The monoisotopic (exact) mass is 217 g/mol. The molecule has 2 nitrogen and oxygen atoms in total. The third kappa shape index (κ3) is 4.20. The van der Waals surface area contributed by atoms with Crippen molar-refractivity contribution in [2.45, 2.75) is 51.0 Å². The van der Waals surface area contributed by atoms with Crippen LogP contribution in [0, 0.1) is 5.92 Å². The minimum atomic E-state index is -0.203. The molecule has 14 heavy (non-hydrogen) atoms. The van der Waals surface area contributed by atoms with E-state index in [4.69, 9.17) is 0 Å². The van der Waals surface area contributed by atoms with Crippen molar-refractivity contribution in [1.82, 2.24) is 5.32 Å². The Morgan fingerprint density at radius 1 is 1.43 bits per heavy atom. The number of aliphatic hydroxyl groups excluding tert-OH is 1. The summed E-state index contributed by atoms with van der Waals surface area (Å²) in [6.45, 7) is 7.48. The van der Waals surface area contributed by atoms with Crippen LogP contribution >= 0.6 is 11.8 Å². The van der Waals surface area contributed by atoms with Crippen molar-refractivity contribution in [1.29, 1.82) is 0 Å². The van der Waals surface area contributed by atoms with Crippen LogP contribution in [0.5, 0.6) is 0 Å². The number of nitrogens with one attached hydrogen (secondary N) is 1. The molecule has 0 bridgehead atoms. The summed E-state index contributed by atoms with van der Waals surface area (Å²) >= 11 is 2.06. The van der Waals surface area contributed by atoms with Crippen molar-refractivity contribution in [3.05, 3.63) is 0 Å². The lowest BCUT2D eigenvalue weighted by molar-refractivity contribution is 0.154. The highest BCUT2D eigenvalue weighted by Gasteiger charge is 2.26. The molecule has 0 aromatic heterocycles. The normalized spacial score (nSPS) is 29.8. The zero-order valence-electron chi connectivity index (χ0n) is 9.49. The number of thioether (sulfide) groups is 1. The molecule has 0 aliphatic carbocycles. The van der Waals surface area contributed by atoms with Gasteiger partial charge in [-0.05, 0) is 31.4 Å². The van der Waals surface area contributed by atoms with E-state index in [2.05, 4.69) is 30.9 Å². The van der Waals surface area contributed by atoms with Crippen molar-refractivity contribution in [3.8, 4) is 0 Å². The first-order chi connectivity index (χ1) is 6.59. The average Bonchev–Trinajstić information content (AvgIpc) is 2.52. The van der Waals surface area contributed by atoms with Gasteiger partial charge in [0, 0.05) is 17.8 Å². The Kier molecular flexibility index (Phi) is 5.28. The lowest BCUT2D eigenvalue weighted by Gasteiger charge is -2.13. The van der Waals surface area contributed by atoms with E-state index in [9.17, 15) is 5.11 Å². The zero-order chi connectivity index (χ0) is 10.6. The predicted octanol–water partition coefficient (Wildman–Crippen LogP) is 1.88. The van der Waals surface area contributed by atoms with Gasteiger partial charge in [-0.2, -0.15) is 11.8 Å². The molecule has 0 saturated carbocycles. The summed E-state index contributed by atoms with van der Waals surface area (Å²) in [4.78, 5) is 0. The Labute approximate surface area is 91.9 Å². The molecule has 0 aromatic carbocycles. The van der Waals surface area contributed by atoms with Crippen LogP contribution in [0.1, 0.15) is 33.6 Å². The van der Waals surface area contributed by atoms with E-state index in [1.165, 1.54) is 12.2 Å². The fourth-order valence-electron chi connectivity index (χ4n) is 1.70. The lowest BCUT2D eigenvalue weighted by Crippen LogP contribution is -2.32. The van der Waals surface area contributed by atoms with Crippen molar-refractivity contribution < 1.29 is 5.11 Å². The summed E-state index contributed by atoms with van der Waals surface area (Å²) in [5.74, 6) is 2.07. The summed E-state index contributed by atoms with van der Waals surface area (Å²) in [6, 6.07) is 0.326. The standard InChI is InChI=1S/C11H23NOS/c1-8(2)4-5-14-10-6-11(9(3)13)12-7-10/h8-13H,4-7H2,1-3H3/t9?,10?,11-/m0/s1. The van der Waals surface area contributed by atoms with Gasteiger partial charge in [0.1, 0.15) is 0 Å². The molecule has 0 radical (unpaired) electrons. The second kappa shape index (κ2) is 5.99. The topological polar surface area (TPSA) is 32.3 Å². The summed E-state index contributed by atoms with van der Waals surface area (Å²) in [7, 11) is 0. The largest absolute Gasteiger partial charge is 0.392 e. The maximum absolute atomic E-state index is 9.41. The molecule has 1 aliphatic rings. The zero-order valence-corrected chi connectivity index (χ0v) is 10.3. The first-order valence-electron chi connectivity index (χ1n) is 5.62. The van der Waals surface area contributed by atoms with Crippen molar-refractivity contribution in [2.75, 3.05) is 12.3 Å². The second-order valence-corrected chi connectivity index (χ2v) is 6.07. The third-order valence-electron chi connectivity index (χ3n) is 2.76. The Bertz CT molecular complexity index is 161. The van der Waals surface area contributed by atoms with E-state index in [1.54, 1.807) is 0 Å². The quantitative estimate of drug-likeness (QED) is 0.737. The van der Waals surface area contributed by atoms with Gasteiger partial charge in [-0.1, -0.05) is 13.8 Å². The van der Waals surface area contributed by atoms with Gasteiger partial charge in [-0.25, -0.2) is 0 Å². The molecule has 2 N–H and O–H groups in total. The Hall–Kier alpha value is 0.270. The van der Waals surface area contributed by atoms with Crippen LogP contribution in [0.2, 0.25) is 0 Å². The van der Waals surface area contributed by atoms with E-state index >= 15 is 0 Å². The predicted molar refractivity (Wildman–Crippen MR) is 63.8 cm³/mol. The number of rotatable bonds is 5. The fraction of sp³-hybridized carbons (Fsp3) is 1.00. The average molecular weight is 217 g/mol. The summed E-state index contributed by atoms with van der Waals surface area (Å²) < 4.78 is 0. The maximum atomic E-state index is 9.41. The summed E-state index contributed by atoms with van der Waals surface area (Å²) in [6.07, 6.45) is 2.23. The van der Waals surface area contributed by atoms with Crippen LogP contribution in [0.3, 0.4) is 0 Å². The van der Waals surface area contributed by atoms with Gasteiger partial charge in [0.05, 0.1) is 6.10 Å². The lowest BCUT2D eigenvalue weighted by atomic mass is 10.1. The summed E-state index contributed by atoms with van der Waals surface area (Å²) in [5.41, 5.74) is 0. The number of hydrogen-bond donors (Lipinski definition) is 2. The highest BCUT2D eigenvalue weighted by atomic mass is 32.2. The van der Waals surface area contributed by atoms with E-state index < -0.39 is 0 Å². The van der Waals surface area contributed by atoms with Crippen LogP contribution < -0.4 is 5.32 Å². The Morgan fingerprint density at radius 3 is 2.64 bits per heavy atom. The van der Waals surface area contributed by atoms with Gasteiger partial charge >= 0.3 is 0 Å². The summed E-state index contributed by atoms with van der Waals surface area (Å²) in [5, 5.41) is 13.5. The van der Waals surface area contributed by atoms with Crippen molar-refractivity contribution in [3.63, 3.8) is 0 Å². The molecule has 3 atom stereocenters. The molecule has 1 rings (SSSR count). The Morgan fingerprint density at radius 2 is 2.14 bits per heavy atom. The molecule has 3 heteroatoms. The van der Waals surface area contributed by atoms with Crippen molar-refractivity contribution >= 4 is 11.8 Å². The first-order valence-corrected chi connectivity index (χ1v) is 6.67. The van der Waals surface area contributed by atoms with E-state index in [0.717, 1.165) is 18.9 Å². The fourth-order valence-corrected chi connectivity index (χ4v) is 3.20. The molecule has 1 saturated heterocycles. The van der Waals surface area contributed by atoms with Gasteiger partial charge in [-0.3, -0.25) is 0 Å². The molecule has 2 unspecified atom stereocenters. The molecule has 0 aromatic rings. The maximum Gasteiger partial charge on any atom is 0.0665 e. The molecule has 84 valence electrons. The van der Waals surface area contributed by atoms with Gasteiger partial charge in [0.2, 0.25) is 0 Å². The van der Waals surface area contributed by atoms with Gasteiger partial charge in [0.25, 0.3) is 0 Å².